The van der Waals surface area contributed by atoms with Crippen molar-refractivity contribution in [1.29, 1.82) is 0 Å². The molecule has 2 heterocycles. The van der Waals surface area contributed by atoms with Crippen molar-refractivity contribution in [2.45, 2.75) is 13.3 Å². The van der Waals surface area contributed by atoms with Gasteiger partial charge in [-0.1, -0.05) is 30.2 Å². The van der Waals surface area contributed by atoms with Gasteiger partial charge in [-0.3, -0.25) is 9.59 Å². The molecule has 0 bridgehead atoms. The Morgan fingerprint density at radius 3 is 2.91 bits per heavy atom. The molecule has 2 amide bonds. The minimum absolute atomic E-state index is 0.0629. The summed E-state index contributed by atoms with van der Waals surface area (Å²) in [7, 11) is 0. The average molecular weight is 333 g/mol. The molecule has 22 heavy (non-hydrogen) atoms. The van der Waals surface area contributed by atoms with Crippen molar-refractivity contribution in [3.05, 3.63) is 56.9 Å². The predicted molar refractivity (Wildman–Crippen MR) is 88.3 cm³/mol. The number of allylic oxidation sites excluding steroid dienone is 3. The van der Waals surface area contributed by atoms with Gasteiger partial charge >= 0.3 is 0 Å². The summed E-state index contributed by atoms with van der Waals surface area (Å²) in [5.74, 6) is -0.404. The van der Waals surface area contributed by atoms with Gasteiger partial charge in [-0.2, -0.15) is 0 Å². The quantitative estimate of drug-likeness (QED) is 0.900. The van der Waals surface area contributed by atoms with Crippen molar-refractivity contribution in [2.75, 3.05) is 0 Å². The number of nitrogens with one attached hydrogen (secondary N) is 1. The van der Waals surface area contributed by atoms with E-state index in [1.165, 1.54) is 11.3 Å². The minimum Gasteiger partial charge on any atom is -0.325 e. The molecular weight excluding hydrogens is 320 g/mol. The van der Waals surface area contributed by atoms with Crippen LogP contribution < -0.4 is 5.32 Å². The van der Waals surface area contributed by atoms with Crippen molar-refractivity contribution in [3.8, 4) is 0 Å². The molecule has 1 atom stereocenters. The van der Waals surface area contributed by atoms with Crippen LogP contribution in [0.2, 0.25) is 4.34 Å². The van der Waals surface area contributed by atoms with Crippen LogP contribution >= 0.6 is 22.9 Å². The van der Waals surface area contributed by atoms with E-state index in [9.17, 15) is 9.59 Å². The summed E-state index contributed by atoms with van der Waals surface area (Å²) in [6, 6.07) is 3.33. The predicted octanol–water partition coefficient (Wildman–Crippen LogP) is 3.52. The Morgan fingerprint density at radius 2 is 2.23 bits per heavy atom. The van der Waals surface area contributed by atoms with Gasteiger partial charge in [0, 0.05) is 17.7 Å². The summed E-state index contributed by atoms with van der Waals surface area (Å²) >= 11 is 7.02. The molecule has 2 aliphatic rings. The van der Waals surface area contributed by atoms with Gasteiger partial charge in [0.1, 0.15) is 0 Å². The Morgan fingerprint density at radius 1 is 1.41 bits per heavy atom. The first-order chi connectivity index (χ1) is 10.6. The fraction of sp³-hybridized carbons (Fsp3) is 0.188. The monoisotopic (exact) mass is 332 g/mol. The van der Waals surface area contributed by atoms with E-state index in [0.717, 1.165) is 17.7 Å². The van der Waals surface area contributed by atoms with Gasteiger partial charge in [0.05, 0.1) is 14.9 Å². The summed E-state index contributed by atoms with van der Waals surface area (Å²) < 4.78 is 0.554. The highest BCUT2D eigenvalue weighted by Crippen LogP contribution is 2.29. The van der Waals surface area contributed by atoms with Gasteiger partial charge in [0.15, 0.2) is 0 Å². The molecule has 0 fully saturated rings. The molecule has 1 unspecified atom stereocenters. The number of carbonyl (C=O) groups excluding carboxylic acids is 2. The molecule has 0 saturated heterocycles. The Labute approximate surface area is 136 Å². The number of hydrogen-bond acceptors (Lipinski definition) is 3. The molecule has 0 saturated carbocycles. The molecule has 4 nitrogen and oxygen atoms in total. The van der Waals surface area contributed by atoms with Crippen LogP contribution in [0.25, 0.3) is 0 Å². The molecule has 0 radical (unpaired) electrons. The number of aliphatic imine (C=N–C) groups is 1. The van der Waals surface area contributed by atoms with Crippen LogP contribution in [0, 0.1) is 5.92 Å². The van der Waals surface area contributed by atoms with E-state index in [2.05, 4.69) is 10.3 Å². The first-order valence-electron chi connectivity index (χ1n) is 6.86. The van der Waals surface area contributed by atoms with Crippen molar-refractivity contribution in [2.24, 2.45) is 10.9 Å². The number of halogens is 1. The maximum atomic E-state index is 12.1. The van der Waals surface area contributed by atoms with E-state index in [1.807, 2.05) is 19.1 Å². The number of amides is 2. The van der Waals surface area contributed by atoms with Crippen LogP contribution in [0.4, 0.5) is 0 Å². The zero-order valence-electron chi connectivity index (χ0n) is 11.8. The second-order valence-electron chi connectivity index (χ2n) is 4.94. The third-order valence-corrected chi connectivity index (χ3v) is 4.72. The molecule has 1 aliphatic heterocycles. The summed E-state index contributed by atoms with van der Waals surface area (Å²) in [4.78, 5) is 28.3. The number of hydrogen-bond donors (Lipinski definition) is 1. The van der Waals surface area contributed by atoms with E-state index in [-0.39, 0.29) is 17.7 Å². The largest absolute Gasteiger partial charge is 0.325 e. The van der Waals surface area contributed by atoms with E-state index < -0.39 is 0 Å². The zero-order valence-corrected chi connectivity index (χ0v) is 13.4. The van der Waals surface area contributed by atoms with Crippen molar-refractivity contribution < 1.29 is 9.59 Å². The minimum atomic E-state index is -0.333. The van der Waals surface area contributed by atoms with Crippen molar-refractivity contribution >= 4 is 40.5 Å². The van der Waals surface area contributed by atoms with E-state index in [4.69, 9.17) is 11.6 Å². The number of rotatable bonds is 2. The topological polar surface area (TPSA) is 58.5 Å². The summed E-state index contributed by atoms with van der Waals surface area (Å²) in [5, 5.41) is 2.81. The van der Waals surface area contributed by atoms with Crippen molar-refractivity contribution in [1.82, 2.24) is 5.32 Å². The number of fused-ring (bicyclic) bond motifs is 1. The van der Waals surface area contributed by atoms with Gasteiger partial charge in [-0.25, -0.2) is 4.99 Å². The highest BCUT2D eigenvalue weighted by Gasteiger charge is 2.25. The number of nitrogens with zero attached hydrogens (tertiary/aromatic N) is 1. The first kappa shape index (κ1) is 14.9. The van der Waals surface area contributed by atoms with Crippen LogP contribution in [-0.2, 0) is 4.79 Å². The van der Waals surface area contributed by atoms with Crippen LogP contribution in [0.3, 0.4) is 0 Å². The van der Waals surface area contributed by atoms with Gasteiger partial charge < -0.3 is 5.32 Å². The lowest BCUT2D eigenvalue weighted by Crippen LogP contribution is -2.33. The second kappa shape index (κ2) is 6.02. The summed E-state index contributed by atoms with van der Waals surface area (Å²) in [6.45, 7) is 2.02. The van der Waals surface area contributed by atoms with E-state index in [1.54, 1.807) is 24.3 Å². The lowest BCUT2D eigenvalue weighted by atomic mass is 9.86. The van der Waals surface area contributed by atoms with Crippen LogP contribution in [0.15, 0.2) is 52.7 Å². The van der Waals surface area contributed by atoms with E-state index in [0.29, 0.717) is 14.9 Å². The average Bonchev–Trinajstić information content (AvgIpc) is 2.92. The molecule has 1 aromatic heterocycles. The Hall–Kier alpha value is -1.98. The fourth-order valence-electron chi connectivity index (χ4n) is 2.46. The standard InChI is InChI=1S/C16H13ClN2O2S/c1-2-9-7-15(20)19-12-8-10(3-4-11(9)12)18-16(21)13-5-6-14(17)22-13/h3-8,11H,2H2,1H3,(H,19,20). The third-order valence-electron chi connectivity index (χ3n) is 3.50. The zero-order chi connectivity index (χ0) is 15.7. The molecule has 1 aromatic rings. The smallest absolute Gasteiger partial charge is 0.287 e. The fourth-order valence-corrected chi connectivity index (χ4v) is 3.39. The number of thiophene rings is 1. The Balaban J connectivity index is 1.87. The highest BCUT2D eigenvalue weighted by molar-refractivity contribution is 7.18. The molecule has 1 aliphatic carbocycles. The van der Waals surface area contributed by atoms with E-state index >= 15 is 0 Å². The maximum absolute atomic E-state index is 12.1. The molecule has 0 aromatic carbocycles. The van der Waals surface area contributed by atoms with Gasteiger partial charge in [-0.05, 0) is 30.7 Å². The SMILES string of the molecule is CCC1=CC(=O)NC2=CC(=NC(=O)c3ccc(Cl)s3)C=CC12. The second-order valence-corrected chi connectivity index (χ2v) is 6.66. The molecule has 6 heteroatoms. The molecule has 112 valence electrons. The van der Waals surface area contributed by atoms with Crippen LogP contribution in [-0.4, -0.2) is 17.5 Å². The molecular formula is C16H13ClN2O2S. The summed E-state index contributed by atoms with van der Waals surface area (Å²) in [6.07, 6.45) is 7.95. The van der Waals surface area contributed by atoms with Crippen molar-refractivity contribution in [3.63, 3.8) is 0 Å². The molecule has 0 spiro atoms. The first-order valence-corrected chi connectivity index (χ1v) is 8.06. The third kappa shape index (κ3) is 2.96. The maximum Gasteiger partial charge on any atom is 0.287 e. The highest BCUT2D eigenvalue weighted by atomic mass is 35.5. The molecule has 1 N–H and O–H groups in total. The van der Waals surface area contributed by atoms with Gasteiger partial charge in [0.25, 0.3) is 5.91 Å². The summed E-state index contributed by atoms with van der Waals surface area (Å²) in [5.41, 5.74) is 2.35. The number of carbonyl (C=O) groups is 2. The lowest BCUT2D eigenvalue weighted by molar-refractivity contribution is -0.116. The molecule has 3 rings (SSSR count). The van der Waals surface area contributed by atoms with Gasteiger partial charge in [0.2, 0.25) is 5.91 Å². The Bertz CT molecular complexity index is 771. The Kier molecular flexibility index (Phi) is 4.09. The van der Waals surface area contributed by atoms with Crippen LogP contribution in [0.5, 0.6) is 0 Å². The van der Waals surface area contributed by atoms with Crippen LogP contribution in [0.1, 0.15) is 23.0 Å². The normalized spacial score (nSPS) is 22.0. The van der Waals surface area contributed by atoms with Gasteiger partial charge in [-0.15, -0.1) is 11.3 Å². The lowest BCUT2D eigenvalue weighted by Gasteiger charge is -2.26.